The number of aliphatic carboxylic acids is 1. The predicted molar refractivity (Wildman–Crippen MR) is 372 cm³/mol. The molecule has 0 aliphatic rings. The van der Waals surface area contributed by atoms with E-state index in [1.807, 2.05) is 21.1 Å². The first kappa shape index (κ1) is 80.3. The Morgan fingerprint density at radius 1 is 0.345 bits per heavy atom. The van der Waals surface area contributed by atoms with Crippen molar-refractivity contribution in [3.63, 3.8) is 0 Å². The van der Waals surface area contributed by atoms with Gasteiger partial charge >= 0.3 is 17.9 Å². The van der Waals surface area contributed by atoms with E-state index in [2.05, 4.69) is 245 Å². The lowest BCUT2D eigenvalue weighted by molar-refractivity contribution is -0.870. The van der Waals surface area contributed by atoms with Crippen molar-refractivity contribution >= 4 is 17.9 Å². The summed E-state index contributed by atoms with van der Waals surface area (Å²) in [5, 5.41) is 9.73. The van der Waals surface area contributed by atoms with Gasteiger partial charge in [0.1, 0.15) is 13.2 Å². The minimum absolute atomic E-state index is 0.155. The first-order valence-electron chi connectivity index (χ1n) is 32.5. The van der Waals surface area contributed by atoms with Gasteiger partial charge in [-0.3, -0.25) is 9.59 Å². The SMILES string of the molecule is CC/C=C\C/C=C\C/C=C\C/C=C\C/C=C\C/C=C\C/C=C\C/C=C\C/C=C\C/C=C\CCCCC(=O)OC(COC(=O)CCC/C=C\C/C=C\C/C=C\C/C=C\C/C=C\C/C=C\C/C=C\C/C=C\C/C=C\CC)COC(OCC[N+](C)(C)C)C(=O)O. The molecule has 0 spiro atoms. The largest absolute Gasteiger partial charge is 0.477 e. The van der Waals surface area contributed by atoms with Crippen LogP contribution in [0.15, 0.2) is 231 Å². The van der Waals surface area contributed by atoms with E-state index < -0.39 is 30.3 Å². The average Bonchev–Trinajstić information content (AvgIpc) is 3.59. The number of unbranched alkanes of at least 4 members (excludes halogenated alkanes) is 3. The van der Waals surface area contributed by atoms with Crippen molar-refractivity contribution in [1.29, 1.82) is 0 Å². The molecule has 0 aromatic carbocycles. The molecule has 0 heterocycles. The van der Waals surface area contributed by atoms with Gasteiger partial charge in [0.05, 0.1) is 34.4 Å². The van der Waals surface area contributed by atoms with Gasteiger partial charge in [-0.15, -0.1) is 0 Å². The van der Waals surface area contributed by atoms with Crippen molar-refractivity contribution in [2.45, 2.75) is 193 Å². The molecule has 0 fully saturated rings. The normalized spacial score (nSPS) is 14.3. The number of allylic oxidation sites excluding steroid dienone is 38. The molecular formula is C78H116NO8+. The van der Waals surface area contributed by atoms with E-state index >= 15 is 0 Å². The van der Waals surface area contributed by atoms with Crippen molar-refractivity contribution in [3.8, 4) is 0 Å². The van der Waals surface area contributed by atoms with Gasteiger partial charge < -0.3 is 28.5 Å². The van der Waals surface area contributed by atoms with Gasteiger partial charge in [0.25, 0.3) is 6.29 Å². The molecule has 0 rings (SSSR count). The van der Waals surface area contributed by atoms with Crippen LogP contribution in [0.4, 0.5) is 0 Å². The average molecular weight is 1200 g/mol. The Bertz CT molecular complexity index is 2270. The minimum Gasteiger partial charge on any atom is -0.477 e. The quantitative estimate of drug-likeness (QED) is 0.0211. The zero-order valence-electron chi connectivity index (χ0n) is 54.6. The van der Waals surface area contributed by atoms with Gasteiger partial charge in [-0.25, -0.2) is 4.79 Å². The van der Waals surface area contributed by atoms with Gasteiger partial charge in [0, 0.05) is 12.8 Å². The molecule has 480 valence electrons. The van der Waals surface area contributed by atoms with E-state index in [0.29, 0.717) is 23.9 Å². The maximum Gasteiger partial charge on any atom is 0.361 e. The van der Waals surface area contributed by atoms with E-state index in [0.717, 1.165) is 141 Å². The summed E-state index contributed by atoms with van der Waals surface area (Å²) in [6.45, 7) is 4.48. The molecule has 2 atom stereocenters. The monoisotopic (exact) mass is 1190 g/mol. The molecule has 0 aliphatic heterocycles. The molecule has 9 heteroatoms. The summed E-state index contributed by atoms with van der Waals surface area (Å²) in [5.74, 6) is -2.18. The second kappa shape index (κ2) is 65.3. The van der Waals surface area contributed by atoms with Gasteiger partial charge in [-0.05, 0) is 154 Å². The summed E-state index contributed by atoms with van der Waals surface area (Å²) >= 11 is 0. The minimum atomic E-state index is -1.55. The number of carbonyl (C=O) groups is 3. The Morgan fingerprint density at radius 2 is 0.621 bits per heavy atom. The molecule has 1 N–H and O–H groups in total. The number of carboxylic acids is 1. The lowest BCUT2D eigenvalue weighted by atomic mass is 10.2. The fraction of sp³-hybridized carbons (Fsp3) is 0.474. The van der Waals surface area contributed by atoms with Crippen LogP contribution in [0.2, 0.25) is 0 Å². The summed E-state index contributed by atoms with van der Waals surface area (Å²) in [6.07, 6.45) is 103. The molecule has 0 saturated carbocycles. The highest BCUT2D eigenvalue weighted by molar-refractivity contribution is 5.71. The van der Waals surface area contributed by atoms with Crippen LogP contribution in [-0.4, -0.2) is 87.4 Å². The van der Waals surface area contributed by atoms with Gasteiger partial charge in [0.2, 0.25) is 0 Å². The summed E-state index contributed by atoms with van der Waals surface area (Å²) in [4.78, 5) is 37.5. The van der Waals surface area contributed by atoms with Crippen LogP contribution in [0.1, 0.15) is 181 Å². The number of carbonyl (C=O) groups excluding carboxylic acids is 2. The van der Waals surface area contributed by atoms with Crippen LogP contribution in [0.3, 0.4) is 0 Å². The fourth-order valence-electron chi connectivity index (χ4n) is 7.51. The molecule has 0 saturated heterocycles. The number of nitrogens with zero attached hydrogens (tertiary/aromatic N) is 1. The number of hydrogen-bond donors (Lipinski definition) is 1. The predicted octanol–water partition coefficient (Wildman–Crippen LogP) is 20.3. The molecule has 0 bridgehead atoms. The summed E-state index contributed by atoms with van der Waals surface area (Å²) in [5.41, 5.74) is 0. The second-order valence-electron chi connectivity index (χ2n) is 21.6. The number of rotatable bonds is 56. The van der Waals surface area contributed by atoms with E-state index in [9.17, 15) is 19.5 Å². The Labute approximate surface area is 529 Å². The lowest BCUT2D eigenvalue weighted by Gasteiger charge is -2.25. The zero-order chi connectivity index (χ0) is 63.3. The number of quaternary nitrogens is 1. The smallest absolute Gasteiger partial charge is 0.361 e. The van der Waals surface area contributed by atoms with Crippen molar-refractivity contribution < 1.29 is 42.9 Å². The third kappa shape index (κ3) is 66.7. The molecule has 0 aromatic heterocycles. The topological polar surface area (TPSA) is 108 Å². The highest BCUT2D eigenvalue weighted by Gasteiger charge is 2.25. The van der Waals surface area contributed by atoms with Gasteiger partial charge in [-0.1, -0.05) is 245 Å². The Balaban J connectivity index is 4.46. The van der Waals surface area contributed by atoms with E-state index in [-0.39, 0.29) is 32.7 Å². The van der Waals surface area contributed by atoms with Gasteiger partial charge in [-0.2, -0.15) is 0 Å². The molecule has 0 aliphatic carbocycles. The van der Waals surface area contributed by atoms with Crippen LogP contribution >= 0.6 is 0 Å². The Kier molecular flexibility index (Phi) is 60.3. The number of ether oxygens (including phenoxy) is 4. The first-order valence-corrected chi connectivity index (χ1v) is 32.5. The second-order valence-corrected chi connectivity index (χ2v) is 21.6. The van der Waals surface area contributed by atoms with Crippen molar-refractivity contribution in [1.82, 2.24) is 0 Å². The fourth-order valence-corrected chi connectivity index (χ4v) is 7.51. The van der Waals surface area contributed by atoms with E-state index in [1.165, 1.54) is 0 Å². The maximum atomic E-state index is 12.9. The molecule has 0 radical (unpaired) electrons. The third-order valence-electron chi connectivity index (χ3n) is 12.4. The summed E-state index contributed by atoms with van der Waals surface area (Å²) in [6, 6.07) is 0. The van der Waals surface area contributed by atoms with Crippen LogP contribution in [0.5, 0.6) is 0 Å². The molecule has 0 aromatic rings. The number of likely N-dealkylation sites (N-methyl/N-ethyl adjacent to an activating group) is 1. The van der Waals surface area contributed by atoms with Crippen LogP contribution < -0.4 is 0 Å². The number of carboxylic acid groups (broad SMARTS) is 1. The van der Waals surface area contributed by atoms with E-state index in [4.69, 9.17) is 18.9 Å². The van der Waals surface area contributed by atoms with Crippen molar-refractivity contribution in [2.75, 3.05) is 47.5 Å². The lowest BCUT2D eigenvalue weighted by Crippen LogP contribution is -2.40. The highest BCUT2D eigenvalue weighted by atomic mass is 16.7. The van der Waals surface area contributed by atoms with Crippen molar-refractivity contribution in [3.05, 3.63) is 231 Å². The standard InChI is InChI=1S/C78H115NO8/c1-6-8-10-12-14-16-18-20-22-24-26-28-30-32-34-36-37-38-39-41-43-45-47-49-51-53-55-57-59-61-63-65-67-69-76(81)87-74(73-86-78(77(82)83)84-71-70-79(3,4)5)72-85-75(80)68-66-64-62-60-58-56-54-52-50-48-46-44-42-40-35-33-31-29-27-25-23-21-19-17-15-13-11-9-7-2/h8-11,14-17,20-23,26-29,32-35,37-38,41-44,47-50,53-56,59-62,74,78H,6-7,12-13,18-19,24-25,30-31,36,39-40,45-46,51-52,57-58,63-73H2,1-5H3/p+1/b10-8-,11-9-,16-14-,17-15-,22-20-,23-21-,28-26-,29-27-,34-32-,35-33-,38-37-,43-41-,44-42-,49-47-,50-48-,55-53-,56-54-,61-59-,62-60-. The Hall–Kier alpha value is -6.65. The summed E-state index contributed by atoms with van der Waals surface area (Å²) in [7, 11) is 5.92. The third-order valence-corrected chi connectivity index (χ3v) is 12.4. The molecule has 9 nitrogen and oxygen atoms in total. The maximum absolute atomic E-state index is 12.9. The Morgan fingerprint density at radius 3 is 0.908 bits per heavy atom. The first-order chi connectivity index (χ1) is 42.6. The van der Waals surface area contributed by atoms with Gasteiger partial charge in [0.15, 0.2) is 6.10 Å². The van der Waals surface area contributed by atoms with Crippen LogP contribution in [0, 0.1) is 0 Å². The molecule has 87 heavy (non-hydrogen) atoms. The van der Waals surface area contributed by atoms with Crippen LogP contribution in [0.25, 0.3) is 0 Å². The van der Waals surface area contributed by atoms with E-state index in [1.54, 1.807) is 0 Å². The zero-order valence-corrected chi connectivity index (χ0v) is 54.6. The van der Waals surface area contributed by atoms with Crippen molar-refractivity contribution in [2.24, 2.45) is 0 Å². The number of hydrogen-bond acceptors (Lipinski definition) is 7. The van der Waals surface area contributed by atoms with Crippen LogP contribution in [-0.2, 0) is 33.3 Å². The molecule has 2 unspecified atom stereocenters. The number of esters is 2. The summed E-state index contributed by atoms with van der Waals surface area (Å²) < 4.78 is 22.8. The molecule has 0 amide bonds. The molecular weight excluding hydrogens is 1080 g/mol. The highest BCUT2D eigenvalue weighted by Crippen LogP contribution is 2.10.